The summed E-state index contributed by atoms with van der Waals surface area (Å²) in [6.45, 7) is 10.9. The van der Waals surface area contributed by atoms with E-state index >= 15 is 0 Å². The highest BCUT2D eigenvalue weighted by Gasteiger charge is 2.12. The Hall–Kier alpha value is -0.613. The number of ether oxygens (including phenoxy) is 1. The lowest BCUT2D eigenvalue weighted by Crippen LogP contribution is -2.22. The normalized spacial score (nSPS) is 12.0. The van der Waals surface area contributed by atoms with Gasteiger partial charge in [-0.3, -0.25) is 0 Å². The van der Waals surface area contributed by atoms with Crippen molar-refractivity contribution in [2.24, 2.45) is 0 Å². The van der Waals surface area contributed by atoms with Crippen LogP contribution in [0.25, 0.3) is 0 Å². The van der Waals surface area contributed by atoms with Crippen LogP contribution in [0.1, 0.15) is 25.6 Å². The maximum absolute atomic E-state index is 5.73. The van der Waals surface area contributed by atoms with Gasteiger partial charge in [-0.25, -0.2) is 4.98 Å². The lowest BCUT2D eigenvalue weighted by Gasteiger charge is -2.16. The molecule has 1 rings (SSSR count). The van der Waals surface area contributed by atoms with Crippen LogP contribution in [0.4, 0.5) is 0 Å². The molecule has 0 aromatic carbocycles. The fraction of sp³-hybridized carbons (Fsp3) is 0.769. The van der Waals surface area contributed by atoms with Crippen LogP contribution in [-0.2, 0) is 17.9 Å². The van der Waals surface area contributed by atoms with Crippen molar-refractivity contribution in [1.82, 2.24) is 9.55 Å². The van der Waals surface area contributed by atoms with Crippen LogP contribution in [0.5, 0.6) is 0 Å². The first kappa shape index (κ1) is 14.4. The maximum atomic E-state index is 5.73. The summed E-state index contributed by atoms with van der Waals surface area (Å²) in [6.07, 6.45) is 7.35. The van der Waals surface area contributed by atoms with Crippen molar-refractivity contribution in [2.75, 3.05) is 6.61 Å². The molecule has 1 aromatic rings. The van der Waals surface area contributed by atoms with Gasteiger partial charge in [-0.1, -0.05) is 33.0 Å². The molecular formula is C13H26N2OSi. The summed E-state index contributed by atoms with van der Waals surface area (Å²) in [4.78, 5) is 4.37. The van der Waals surface area contributed by atoms with E-state index in [0.717, 1.165) is 18.9 Å². The average molecular weight is 254 g/mol. The first-order valence-electron chi connectivity index (χ1n) is 6.60. The van der Waals surface area contributed by atoms with E-state index in [0.29, 0.717) is 6.73 Å². The zero-order chi connectivity index (χ0) is 12.7. The zero-order valence-corrected chi connectivity index (χ0v) is 12.7. The van der Waals surface area contributed by atoms with Crippen LogP contribution >= 0.6 is 0 Å². The van der Waals surface area contributed by atoms with Crippen molar-refractivity contribution >= 4 is 8.07 Å². The first-order valence-corrected chi connectivity index (χ1v) is 10.3. The van der Waals surface area contributed by atoms with E-state index in [2.05, 4.69) is 36.1 Å². The second-order valence-electron chi connectivity index (χ2n) is 5.76. The van der Waals surface area contributed by atoms with E-state index in [4.69, 9.17) is 4.74 Å². The number of nitrogens with zero attached hydrogens (tertiary/aromatic N) is 2. The summed E-state index contributed by atoms with van der Waals surface area (Å²) < 4.78 is 7.86. The Morgan fingerprint density at radius 1 is 1.35 bits per heavy atom. The molecule has 0 aliphatic heterocycles. The lowest BCUT2D eigenvalue weighted by molar-refractivity contribution is 0.0851. The molecule has 0 radical (unpaired) electrons. The van der Waals surface area contributed by atoms with Crippen molar-refractivity contribution in [2.45, 2.75) is 58.6 Å². The van der Waals surface area contributed by atoms with Crippen LogP contribution in [-0.4, -0.2) is 24.2 Å². The van der Waals surface area contributed by atoms with Crippen molar-refractivity contribution < 1.29 is 4.74 Å². The highest BCUT2D eigenvalue weighted by atomic mass is 28.3. The molecule has 0 saturated carbocycles. The summed E-state index contributed by atoms with van der Waals surface area (Å²) in [7, 11) is -0.964. The standard InChI is InChI=1S/C13H26N2OSi/c1-5-6-7-13-14-8-9-15(13)12-16-10-11-17(2,3)4/h8-9H,5-7,10-12H2,1-4H3. The molecule has 0 atom stereocenters. The molecule has 0 bridgehead atoms. The Morgan fingerprint density at radius 2 is 2.12 bits per heavy atom. The van der Waals surface area contributed by atoms with Crippen LogP contribution < -0.4 is 0 Å². The van der Waals surface area contributed by atoms with Crippen LogP contribution in [0, 0.1) is 0 Å². The van der Waals surface area contributed by atoms with Gasteiger partial charge in [-0.05, 0) is 12.5 Å². The van der Waals surface area contributed by atoms with Gasteiger partial charge in [0, 0.05) is 33.5 Å². The third kappa shape index (κ3) is 6.03. The summed E-state index contributed by atoms with van der Waals surface area (Å²) in [5.74, 6) is 1.15. The summed E-state index contributed by atoms with van der Waals surface area (Å²) >= 11 is 0. The largest absolute Gasteiger partial charge is 0.361 e. The third-order valence-corrected chi connectivity index (χ3v) is 4.49. The highest BCUT2D eigenvalue weighted by Crippen LogP contribution is 2.09. The Kier molecular flexibility index (Phi) is 5.92. The van der Waals surface area contributed by atoms with Crippen LogP contribution in [0.3, 0.4) is 0 Å². The van der Waals surface area contributed by atoms with Crippen LogP contribution in [0.15, 0.2) is 12.4 Å². The fourth-order valence-corrected chi connectivity index (χ4v) is 2.32. The molecule has 3 nitrogen and oxygen atoms in total. The minimum Gasteiger partial charge on any atom is -0.361 e. The number of unbranched alkanes of at least 4 members (excludes halogenated alkanes) is 1. The molecule has 0 aliphatic carbocycles. The van der Waals surface area contributed by atoms with Gasteiger partial charge >= 0.3 is 0 Å². The van der Waals surface area contributed by atoms with E-state index in [1.54, 1.807) is 0 Å². The Bertz CT molecular complexity index is 317. The molecule has 1 aromatic heterocycles. The molecule has 1 heterocycles. The van der Waals surface area contributed by atoms with Crippen molar-refractivity contribution in [3.05, 3.63) is 18.2 Å². The monoisotopic (exact) mass is 254 g/mol. The van der Waals surface area contributed by atoms with Crippen molar-refractivity contribution in [1.29, 1.82) is 0 Å². The van der Waals surface area contributed by atoms with Gasteiger partial charge in [0.05, 0.1) is 0 Å². The molecule has 0 aliphatic rings. The van der Waals surface area contributed by atoms with E-state index in [9.17, 15) is 0 Å². The zero-order valence-electron chi connectivity index (χ0n) is 11.7. The molecule has 0 amide bonds. The SMILES string of the molecule is CCCCc1nccn1COCC[Si](C)(C)C. The van der Waals surface area contributed by atoms with Gasteiger partial charge < -0.3 is 9.30 Å². The summed E-state index contributed by atoms with van der Waals surface area (Å²) in [6, 6.07) is 1.23. The number of hydrogen-bond donors (Lipinski definition) is 0. The number of aryl methyl sites for hydroxylation is 1. The first-order chi connectivity index (χ1) is 8.03. The fourth-order valence-electron chi connectivity index (χ4n) is 1.56. The molecule has 98 valence electrons. The Balaban J connectivity index is 2.29. The number of imidazole rings is 1. The van der Waals surface area contributed by atoms with Gasteiger partial charge in [0.1, 0.15) is 12.6 Å². The number of rotatable bonds is 8. The molecular weight excluding hydrogens is 228 g/mol. The second-order valence-corrected chi connectivity index (χ2v) is 11.4. The van der Waals surface area contributed by atoms with Gasteiger partial charge in [0.15, 0.2) is 0 Å². The predicted molar refractivity (Wildman–Crippen MR) is 74.9 cm³/mol. The summed E-state index contributed by atoms with van der Waals surface area (Å²) in [5, 5.41) is 0. The quantitative estimate of drug-likeness (QED) is 0.524. The molecule has 0 saturated heterocycles. The lowest BCUT2D eigenvalue weighted by atomic mass is 10.2. The minimum atomic E-state index is -0.964. The topological polar surface area (TPSA) is 27.1 Å². The Labute approximate surface area is 106 Å². The van der Waals surface area contributed by atoms with Crippen molar-refractivity contribution in [3.8, 4) is 0 Å². The van der Waals surface area contributed by atoms with E-state index < -0.39 is 8.07 Å². The van der Waals surface area contributed by atoms with E-state index in [1.807, 2.05) is 12.4 Å². The van der Waals surface area contributed by atoms with E-state index in [1.165, 1.54) is 18.9 Å². The Morgan fingerprint density at radius 3 is 2.76 bits per heavy atom. The molecule has 17 heavy (non-hydrogen) atoms. The summed E-state index contributed by atoms with van der Waals surface area (Å²) in [5.41, 5.74) is 0. The molecule has 0 fully saturated rings. The number of aromatic nitrogens is 2. The van der Waals surface area contributed by atoms with E-state index in [-0.39, 0.29) is 0 Å². The minimum absolute atomic E-state index is 0.656. The highest BCUT2D eigenvalue weighted by molar-refractivity contribution is 6.76. The van der Waals surface area contributed by atoms with Gasteiger partial charge in [-0.15, -0.1) is 0 Å². The predicted octanol–water partition coefficient (Wildman–Crippen LogP) is 3.54. The maximum Gasteiger partial charge on any atom is 0.123 e. The number of hydrogen-bond acceptors (Lipinski definition) is 2. The van der Waals surface area contributed by atoms with Gasteiger partial charge in [-0.2, -0.15) is 0 Å². The average Bonchev–Trinajstić information content (AvgIpc) is 2.67. The smallest absolute Gasteiger partial charge is 0.123 e. The molecule has 4 heteroatoms. The third-order valence-electron chi connectivity index (χ3n) is 2.78. The second kappa shape index (κ2) is 6.96. The van der Waals surface area contributed by atoms with Gasteiger partial charge in [0.25, 0.3) is 0 Å². The van der Waals surface area contributed by atoms with Gasteiger partial charge in [0.2, 0.25) is 0 Å². The molecule has 0 unspecified atom stereocenters. The van der Waals surface area contributed by atoms with Crippen molar-refractivity contribution in [3.63, 3.8) is 0 Å². The van der Waals surface area contributed by atoms with Crippen LogP contribution in [0.2, 0.25) is 25.7 Å². The molecule has 0 N–H and O–H groups in total. The molecule has 0 spiro atoms.